The minimum atomic E-state index is -3.72. The summed E-state index contributed by atoms with van der Waals surface area (Å²) in [5, 5.41) is 2.90. The number of anilines is 1. The monoisotopic (exact) mass is 487 g/mol. The van der Waals surface area contributed by atoms with Crippen molar-refractivity contribution in [3.8, 4) is 11.5 Å². The summed E-state index contributed by atoms with van der Waals surface area (Å²) in [5.74, 6) is 0.655. The number of benzene rings is 2. The normalized spacial score (nSPS) is 17.1. The fourth-order valence-corrected chi connectivity index (χ4v) is 5.70. The van der Waals surface area contributed by atoms with E-state index in [-0.39, 0.29) is 5.91 Å². The number of carbonyl (C=O) groups excluding carboxylic acids is 1. The first-order valence-electron chi connectivity index (χ1n) is 11.8. The van der Waals surface area contributed by atoms with Crippen molar-refractivity contribution < 1.29 is 22.7 Å². The molecule has 184 valence electrons. The Kier molecular flexibility index (Phi) is 7.63. The second-order valence-corrected chi connectivity index (χ2v) is 10.8. The van der Waals surface area contributed by atoms with E-state index in [1.807, 2.05) is 12.1 Å². The van der Waals surface area contributed by atoms with Crippen LogP contribution in [0.4, 0.5) is 5.69 Å². The van der Waals surface area contributed by atoms with Gasteiger partial charge in [0.05, 0.1) is 11.9 Å². The number of likely N-dealkylation sites (tertiary alicyclic amines) is 1. The van der Waals surface area contributed by atoms with E-state index in [1.165, 1.54) is 24.8 Å². The second kappa shape index (κ2) is 10.7. The van der Waals surface area contributed by atoms with Gasteiger partial charge >= 0.3 is 0 Å². The van der Waals surface area contributed by atoms with Crippen LogP contribution in [0.2, 0.25) is 0 Å². The molecule has 2 aliphatic rings. The first kappa shape index (κ1) is 24.3. The van der Waals surface area contributed by atoms with Gasteiger partial charge in [0.2, 0.25) is 15.9 Å². The summed E-state index contributed by atoms with van der Waals surface area (Å²) in [4.78, 5) is 15.4. The highest BCUT2D eigenvalue weighted by Crippen LogP contribution is 2.35. The van der Waals surface area contributed by atoms with Crippen LogP contribution in [0.15, 0.2) is 42.5 Å². The summed E-state index contributed by atoms with van der Waals surface area (Å²) < 4.78 is 37.5. The average molecular weight is 488 g/mol. The van der Waals surface area contributed by atoms with E-state index in [4.69, 9.17) is 9.47 Å². The van der Waals surface area contributed by atoms with E-state index in [1.54, 1.807) is 25.1 Å². The van der Waals surface area contributed by atoms with Crippen molar-refractivity contribution >= 4 is 21.6 Å². The summed E-state index contributed by atoms with van der Waals surface area (Å²) in [7, 11) is -3.72. The van der Waals surface area contributed by atoms with Crippen molar-refractivity contribution in [2.24, 2.45) is 0 Å². The predicted octanol–water partition coefficient (Wildman–Crippen LogP) is 2.91. The smallest absolute Gasteiger partial charge is 0.243 e. The molecule has 2 heterocycles. The summed E-state index contributed by atoms with van der Waals surface area (Å²) in [6, 6.07) is 12.1. The van der Waals surface area contributed by atoms with Gasteiger partial charge in [-0.3, -0.25) is 14.0 Å². The van der Waals surface area contributed by atoms with Crippen molar-refractivity contribution in [3.05, 3.63) is 53.6 Å². The number of amides is 1. The lowest BCUT2D eigenvalue weighted by Gasteiger charge is -2.29. The SMILES string of the molecule is C[C@@H](C(=O)NCc1cccc(CN2CCCCC2)c1)N(c1ccc2c(c1)OCCO2)S(C)(=O)=O. The fourth-order valence-electron chi connectivity index (χ4n) is 4.53. The van der Waals surface area contributed by atoms with E-state index in [0.29, 0.717) is 36.9 Å². The number of carbonyl (C=O) groups is 1. The van der Waals surface area contributed by atoms with Gasteiger partial charge in [-0.25, -0.2) is 8.42 Å². The Balaban J connectivity index is 1.43. The molecule has 1 atom stereocenters. The minimum absolute atomic E-state index is 0.329. The zero-order valence-electron chi connectivity index (χ0n) is 19.8. The third-order valence-electron chi connectivity index (χ3n) is 6.18. The maximum Gasteiger partial charge on any atom is 0.243 e. The van der Waals surface area contributed by atoms with Gasteiger partial charge in [0, 0.05) is 19.2 Å². The number of fused-ring (bicyclic) bond motifs is 1. The van der Waals surface area contributed by atoms with Gasteiger partial charge in [-0.05, 0) is 56.1 Å². The topological polar surface area (TPSA) is 88.2 Å². The number of nitrogens with one attached hydrogen (secondary N) is 1. The van der Waals surface area contributed by atoms with Crippen LogP contribution in [0, 0.1) is 0 Å². The van der Waals surface area contributed by atoms with Crippen molar-refractivity contribution in [3.63, 3.8) is 0 Å². The molecule has 1 saturated heterocycles. The third-order valence-corrected chi connectivity index (χ3v) is 7.42. The molecule has 1 N–H and O–H groups in total. The van der Waals surface area contributed by atoms with Crippen molar-refractivity contribution in [2.75, 3.05) is 36.9 Å². The Hall–Kier alpha value is -2.78. The first-order valence-corrected chi connectivity index (χ1v) is 13.6. The highest BCUT2D eigenvalue weighted by atomic mass is 32.2. The maximum atomic E-state index is 13.0. The van der Waals surface area contributed by atoms with Gasteiger partial charge in [0.1, 0.15) is 19.3 Å². The predicted molar refractivity (Wildman–Crippen MR) is 132 cm³/mol. The van der Waals surface area contributed by atoms with Crippen LogP contribution < -0.4 is 19.1 Å². The number of nitrogens with zero attached hydrogens (tertiary/aromatic N) is 2. The highest BCUT2D eigenvalue weighted by Gasteiger charge is 2.30. The lowest BCUT2D eigenvalue weighted by molar-refractivity contribution is -0.122. The van der Waals surface area contributed by atoms with Gasteiger partial charge in [-0.15, -0.1) is 0 Å². The maximum absolute atomic E-state index is 13.0. The molecule has 34 heavy (non-hydrogen) atoms. The van der Waals surface area contributed by atoms with Crippen molar-refractivity contribution in [2.45, 2.75) is 45.3 Å². The Morgan fingerprint density at radius 2 is 1.74 bits per heavy atom. The summed E-state index contributed by atoms with van der Waals surface area (Å²) in [6.45, 7) is 5.90. The Labute approximate surface area is 201 Å². The molecule has 0 aliphatic carbocycles. The van der Waals surface area contributed by atoms with Crippen LogP contribution >= 0.6 is 0 Å². The molecule has 0 bridgehead atoms. The van der Waals surface area contributed by atoms with Crippen molar-refractivity contribution in [1.29, 1.82) is 0 Å². The Morgan fingerprint density at radius 3 is 2.47 bits per heavy atom. The van der Waals surface area contributed by atoms with Crippen LogP contribution in [0.1, 0.15) is 37.3 Å². The Morgan fingerprint density at radius 1 is 1.03 bits per heavy atom. The van der Waals surface area contributed by atoms with Gasteiger partial charge in [0.15, 0.2) is 11.5 Å². The number of hydrogen-bond donors (Lipinski definition) is 1. The van der Waals surface area contributed by atoms with E-state index in [0.717, 1.165) is 35.8 Å². The van der Waals surface area contributed by atoms with Crippen LogP contribution in [0.3, 0.4) is 0 Å². The van der Waals surface area contributed by atoms with Gasteiger partial charge in [-0.1, -0.05) is 30.7 Å². The fraction of sp³-hybridized carbons (Fsp3) is 0.480. The van der Waals surface area contributed by atoms with Crippen molar-refractivity contribution in [1.82, 2.24) is 10.2 Å². The Bertz CT molecular complexity index is 1120. The molecule has 2 aromatic carbocycles. The minimum Gasteiger partial charge on any atom is -0.486 e. The molecule has 1 amide bonds. The molecule has 4 rings (SSSR count). The van der Waals surface area contributed by atoms with E-state index < -0.39 is 16.1 Å². The molecule has 0 radical (unpaired) electrons. The number of rotatable bonds is 8. The second-order valence-electron chi connectivity index (χ2n) is 8.94. The molecule has 2 aromatic rings. The molecule has 0 spiro atoms. The average Bonchev–Trinajstić information content (AvgIpc) is 2.82. The summed E-state index contributed by atoms with van der Waals surface area (Å²) in [5.41, 5.74) is 2.56. The van der Waals surface area contributed by atoms with Crippen LogP contribution in [-0.2, 0) is 27.9 Å². The van der Waals surface area contributed by atoms with E-state index in [9.17, 15) is 13.2 Å². The zero-order valence-corrected chi connectivity index (χ0v) is 20.6. The van der Waals surface area contributed by atoms with Crippen LogP contribution in [0.25, 0.3) is 0 Å². The third kappa shape index (κ3) is 6.01. The van der Waals surface area contributed by atoms with Crippen LogP contribution in [-0.4, -0.2) is 57.8 Å². The first-order chi connectivity index (χ1) is 16.3. The molecule has 9 heteroatoms. The lowest BCUT2D eigenvalue weighted by atomic mass is 10.1. The molecule has 0 saturated carbocycles. The number of sulfonamides is 1. The molecular weight excluding hydrogens is 454 g/mol. The van der Waals surface area contributed by atoms with E-state index in [2.05, 4.69) is 22.3 Å². The summed E-state index contributed by atoms with van der Waals surface area (Å²) >= 11 is 0. The van der Waals surface area contributed by atoms with Crippen LogP contribution in [0.5, 0.6) is 11.5 Å². The molecular formula is C25H33N3O5S. The highest BCUT2D eigenvalue weighted by molar-refractivity contribution is 7.92. The van der Waals surface area contributed by atoms with E-state index >= 15 is 0 Å². The van der Waals surface area contributed by atoms with Gasteiger partial charge < -0.3 is 14.8 Å². The lowest BCUT2D eigenvalue weighted by Crippen LogP contribution is -2.47. The molecule has 8 nitrogen and oxygen atoms in total. The number of ether oxygens (including phenoxy) is 2. The largest absolute Gasteiger partial charge is 0.486 e. The quantitative estimate of drug-likeness (QED) is 0.616. The number of piperidine rings is 1. The number of hydrogen-bond acceptors (Lipinski definition) is 6. The van der Waals surface area contributed by atoms with Gasteiger partial charge in [0.25, 0.3) is 0 Å². The molecule has 0 aromatic heterocycles. The molecule has 0 unspecified atom stereocenters. The summed E-state index contributed by atoms with van der Waals surface area (Å²) in [6.07, 6.45) is 4.89. The molecule has 2 aliphatic heterocycles. The zero-order chi connectivity index (χ0) is 24.1. The standard InChI is InChI=1S/C25H33N3O5S/c1-19(28(34(2,30)31)22-9-10-23-24(16-22)33-14-13-32-23)25(29)26-17-20-7-6-8-21(15-20)18-27-11-4-3-5-12-27/h6-10,15-16,19H,3-5,11-14,17-18H2,1-2H3,(H,26,29)/t19-/m0/s1. The van der Waals surface area contributed by atoms with Gasteiger partial charge in [-0.2, -0.15) is 0 Å². The molecule has 1 fully saturated rings.